The van der Waals surface area contributed by atoms with Crippen LogP contribution in [0.4, 0.5) is 0 Å². The van der Waals surface area contributed by atoms with Crippen LogP contribution in [0.5, 0.6) is 11.5 Å². The number of esters is 1. The van der Waals surface area contributed by atoms with E-state index in [9.17, 15) is 4.79 Å². The Hall–Kier alpha value is -1.97. The molecule has 0 aliphatic rings. The van der Waals surface area contributed by atoms with E-state index in [-0.39, 0.29) is 0 Å². The fourth-order valence-electron chi connectivity index (χ4n) is 1.99. The highest BCUT2D eigenvalue weighted by Gasteiger charge is 2.18. The van der Waals surface area contributed by atoms with E-state index in [0.29, 0.717) is 17.1 Å². The van der Waals surface area contributed by atoms with Crippen LogP contribution in [0, 0.1) is 0 Å². The molecule has 0 amide bonds. The van der Waals surface area contributed by atoms with E-state index < -0.39 is 5.97 Å². The van der Waals surface area contributed by atoms with Crippen LogP contribution < -0.4 is 9.47 Å². The molecule has 0 N–H and O–H groups in total. The van der Waals surface area contributed by atoms with Gasteiger partial charge in [-0.05, 0) is 31.1 Å². The number of rotatable bonds is 5. The van der Waals surface area contributed by atoms with E-state index in [1.807, 2.05) is 13.0 Å². The summed E-state index contributed by atoms with van der Waals surface area (Å²) in [5, 5.41) is 0. The molecule has 1 aromatic carbocycles. The number of carbonyl (C=O) groups excluding carboxylic acids is 1. The first-order valence-corrected chi connectivity index (χ1v) is 6.12. The fourth-order valence-corrected chi connectivity index (χ4v) is 1.99. The first-order chi connectivity index (χ1) is 9.12. The number of hydrogen-bond donors (Lipinski definition) is 0. The van der Waals surface area contributed by atoms with Crippen LogP contribution in [0.25, 0.3) is 5.57 Å². The highest BCUT2D eigenvalue weighted by Crippen LogP contribution is 2.37. The Kier molecular flexibility index (Phi) is 5.42. The Labute approximate surface area is 114 Å². The fraction of sp³-hybridized carbons (Fsp3) is 0.400. The summed E-state index contributed by atoms with van der Waals surface area (Å²) in [6.45, 7) is 4.02. The summed E-state index contributed by atoms with van der Waals surface area (Å²) in [6, 6.07) is 3.34. The molecule has 104 valence electrons. The molecule has 0 fully saturated rings. The quantitative estimate of drug-likeness (QED) is 0.765. The zero-order valence-corrected chi connectivity index (χ0v) is 12.1. The van der Waals surface area contributed by atoms with Crippen molar-refractivity contribution >= 4 is 11.5 Å². The number of allylic oxidation sites excluding steroid dienone is 2. The molecule has 0 bridgehead atoms. The molecular formula is C15H20O4. The molecule has 0 aliphatic heterocycles. The van der Waals surface area contributed by atoms with Gasteiger partial charge in [-0.3, -0.25) is 0 Å². The zero-order chi connectivity index (χ0) is 14.4. The summed E-state index contributed by atoms with van der Waals surface area (Å²) in [7, 11) is 4.49. The molecule has 0 saturated heterocycles. The Morgan fingerprint density at radius 1 is 1.16 bits per heavy atom. The first kappa shape index (κ1) is 15.1. The third kappa shape index (κ3) is 3.08. The zero-order valence-electron chi connectivity index (χ0n) is 12.1. The minimum atomic E-state index is -0.415. The third-order valence-electron chi connectivity index (χ3n) is 2.98. The number of methoxy groups -OCH3 is 3. The van der Waals surface area contributed by atoms with Gasteiger partial charge in [0.15, 0.2) is 0 Å². The Balaban J connectivity index is 3.50. The average molecular weight is 264 g/mol. The molecule has 0 atom stereocenters. The van der Waals surface area contributed by atoms with E-state index in [1.54, 1.807) is 26.4 Å². The van der Waals surface area contributed by atoms with Gasteiger partial charge >= 0.3 is 5.97 Å². The summed E-state index contributed by atoms with van der Waals surface area (Å²) in [6.07, 6.45) is 2.86. The molecule has 4 heteroatoms. The van der Waals surface area contributed by atoms with E-state index >= 15 is 0 Å². The smallest absolute Gasteiger partial charge is 0.338 e. The molecule has 0 heterocycles. The molecule has 0 radical (unpaired) electrons. The number of ether oxygens (including phenoxy) is 3. The summed E-state index contributed by atoms with van der Waals surface area (Å²) in [5.74, 6) is 0.797. The van der Waals surface area contributed by atoms with Crippen molar-refractivity contribution in [3.8, 4) is 11.5 Å². The number of carbonyl (C=O) groups is 1. The highest BCUT2D eigenvalue weighted by atomic mass is 16.5. The van der Waals surface area contributed by atoms with E-state index in [4.69, 9.17) is 14.2 Å². The van der Waals surface area contributed by atoms with Crippen molar-refractivity contribution in [2.75, 3.05) is 21.3 Å². The first-order valence-electron chi connectivity index (χ1n) is 6.12. The maximum atomic E-state index is 11.6. The van der Waals surface area contributed by atoms with Crippen molar-refractivity contribution < 1.29 is 19.0 Å². The molecule has 0 aliphatic carbocycles. The molecule has 0 saturated carbocycles. The lowest BCUT2D eigenvalue weighted by molar-refractivity contribution is 0.0600. The molecule has 1 aromatic rings. The van der Waals surface area contributed by atoms with Gasteiger partial charge in [0, 0.05) is 0 Å². The Bertz CT molecular complexity index is 464. The predicted octanol–water partition coefficient (Wildman–Crippen LogP) is 3.30. The molecule has 19 heavy (non-hydrogen) atoms. The minimum absolute atomic E-state index is 0.409. The van der Waals surface area contributed by atoms with Gasteiger partial charge < -0.3 is 14.2 Å². The van der Waals surface area contributed by atoms with E-state index in [2.05, 4.69) is 6.92 Å². The van der Waals surface area contributed by atoms with Crippen molar-refractivity contribution in [3.05, 3.63) is 29.3 Å². The summed E-state index contributed by atoms with van der Waals surface area (Å²) >= 11 is 0. The Morgan fingerprint density at radius 2 is 1.68 bits per heavy atom. The monoisotopic (exact) mass is 264 g/mol. The lowest BCUT2D eigenvalue weighted by Crippen LogP contribution is -2.05. The number of benzene rings is 1. The van der Waals surface area contributed by atoms with Crippen molar-refractivity contribution in [1.82, 2.24) is 0 Å². The standard InChI is InChI=1S/C15H20O4/c1-6-10(7-2)14-12(17-3)8-11(15(16)19-5)9-13(14)18-4/h6,8-9H,7H2,1-5H3. The van der Waals surface area contributed by atoms with Crippen LogP contribution in [0.2, 0.25) is 0 Å². The van der Waals surface area contributed by atoms with Crippen molar-refractivity contribution in [2.45, 2.75) is 20.3 Å². The molecule has 1 rings (SSSR count). The van der Waals surface area contributed by atoms with Gasteiger partial charge in [-0.1, -0.05) is 13.0 Å². The van der Waals surface area contributed by atoms with Crippen LogP contribution in [0.15, 0.2) is 18.2 Å². The van der Waals surface area contributed by atoms with Crippen molar-refractivity contribution in [2.24, 2.45) is 0 Å². The third-order valence-corrected chi connectivity index (χ3v) is 2.98. The van der Waals surface area contributed by atoms with Gasteiger partial charge in [-0.25, -0.2) is 4.79 Å². The second-order valence-electron chi connectivity index (χ2n) is 3.91. The largest absolute Gasteiger partial charge is 0.496 e. The molecule has 0 spiro atoms. The van der Waals surface area contributed by atoms with E-state index in [0.717, 1.165) is 17.6 Å². The van der Waals surface area contributed by atoms with Crippen molar-refractivity contribution in [1.29, 1.82) is 0 Å². The second-order valence-corrected chi connectivity index (χ2v) is 3.91. The van der Waals surface area contributed by atoms with E-state index in [1.165, 1.54) is 7.11 Å². The lowest BCUT2D eigenvalue weighted by Gasteiger charge is -2.16. The van der Waals surface area contributed by atoms with Crippen LogP contribution in [0.3, 0.4) is 0 Å². The maximum Gasteiger partial charge on any atom is 0.338 e. The number of hydrogen-bond acceptors (Lipinski definition) is 4. The van der Waals surface area contributed by atoms with Crippen molar-refractivity contribution in [3.63, 3.8) is 0 Å². The topological polar surface area (TPSA) is 44.8 Å². The molecule has 0 aromatic heterocycles. The minimum Gasteiger partial charge on any atom is -0.496 e. The summed E-state index contributed by atoms with van der Waals surface area (Å²) < 4.78 is 15.5. The molecular weight excluding hydrogens is 244 g/mol. The van der Waals surface area contributed by atoms with Gasteiger partial charge in [0.25, 0.3) is 0 Å². The molecule has 0 unspecified atom stereocenters. The normalized spacial score (nSPS) is 11.1. The maximum absolute atomic E-state index is 11.6. The lowest BCUT2D eigenvalue weighted by atomic mass is 9.99. The van der Waals surface area contributed by atoms with Crippen LogP contribution in [-0.4, -0.2) is 27.3 Å². The van der Waals surface area contributed by atoms with Gasteiger partial charge in [0.05, 0.1) is 32.5 Å². The SMILES string of the molecule is CC=C(CC)c1c(OC)cc(C(=O)OC)cc1OC. The van der Waals surface area contributed by atoms with Gasteiger partial charge in [-0.15, -0.1) is 0 Å². The second kappa shape index (κ2) is 6.83. The average Bonchev–Trinajstić information content (AvgIpc) is 2.47. The van der Waals surface area contributed by atoms with Gasteiger partial charge in [-0.2, -0.15) is 0 Å². The molecule has 4 nitrogen and oxygen atoms in total. The predicted molar refractivity (Wildman–Crippen MR) is 74.8 cm³/mol. The Morgan fingerprint density at radius 3 is 2.00 bits per heavy atom. The highest BCUT2D eigenvalue weighted by molar-refractivity contribution is 5.92. The summed E-state index contributed by atoms with van der Waals surface area (Å²) in [4.78, 5) is 11.6. The van der Waals surface area contributed by atoms with Crippen LogP contribution in [-0.2, 0) is 4.74 Å². The van der Waals surface area contributed by atoms with Gasteiger partial charge in [0.1, 0.15) is 11.5 Å². The summed E-state index contributed by atoms with van der Waals surface area (Å²) in [5.41, 5.74) is 2.39. The van der Waals surface area contributed by atoms with Crippen LogP contribution >= 0.6 is 0 Å². The van der Waals surface area contributed by atoms with Gasteiger partial charge in [0.2, 0.25) is 0 Å². The van der Waals surface area contributed by atoms with Crippen LogP contribution in [0.1, 0.15) is 36.2 Å².